The van der Waals surface area contributed by atoms with Gasteiger partial charge in [-0.3, -0.25) is 19.1 Å². The van der Waals surface area contributed by atoms with Crippen molar-refractivity contribution in [3.05, 3.63) is 28.2 Å². The molecule has 2 amide bonds. The van der Waals surface area contributed by atoms with Crippen LogP contribution in [0.4, 0.5) is 5.69 Å². The van der Waals surface area contributed by atoms with Gasteiger partial charge in [0.2, 0.25) is 21.8 Å². The number of carbonyl (C=O) groups is 3. The first-order valence-corrected chi connectivity index (χ1v) is 11.4. The number of nitrogens with one attached hydrogen (secondary N) is 1. The standard InChI is InChI=1S/C18H22Cl2N2O6S/c1-3-5-15(18(25)28-4-2)29(26,27)21-17(24)11-6-16(23)22(10-11)14-8-12(19)7-13(20)9-14/h7-9,11,15H,3-6,10H2,1-2H3,(H,21,24). The zero-order valence-corrected chi connectivity index (χ0v) is 18.3. The Morgan fingerprint density at radius 1 is 1.24 bits per heavy atom. The van der Waals surface area contributed by atoms with Crippen LogP contribution >= 0.6 is 23.2 Å². The van der Waals surface area contributed by atoms with Crippen molar-refractivity contribution in [2.24, 2.45) is 5.92 Å². The number of benzene rings is 1. The van der Waals surface area contributed by atoms with Gasteiger partial charge in [0, 0.05) is 28.7 Å². The van der Waals surface area contributed by atoms with Crippen LogP contribution in [0.1, 0.15) is 33.1 Å². The lowest BCUT2D eigenvalue weighted by atomic mass is 10.1. The van der Waals surface area contributed by atoms with Gasteiger partial charge >= 0.3 is 5.97 Å². The molecule has 1 heterocycles. The highest BCUT2D eigenvalue weighted by atomic mass is 35.5. The maximum absolute atomic E-state index is 12.6. The largest absolute Gasteiger partial charge is 0.465 e. The van der Waals surface area contributed by atoms with Crippen LogP contribution in [-0.2, 0) is 29.1 Å². The van der Waals surface area contributed by atoms with E-state index in [-0.39, 0.29) is 31.9 Å². The van der Waals surface area contributed by atoms with Crippen molar-refractivity contribution in [2.45, 2.75) is 38.4 Å². The molecule has 0 spiro atoms. The van der Waals surface area contributed by atoms with Crippen molar-refractivity contribution in [2.75, 3.05) is 18.1 Å². The van der Waals surface area contributed by atoms with Crippen LogP contribution < -0.4 is 9.62 Å². The number of amides is 2. The van der Waals surface area contributed by atoms with E-state index < -0.39 is 33.1 Å². The molecule has 1 N–H and O–H groups in total. The van der Waals surface area contributed by atoms with Crippen LogP contribution in [-0.4, -0.2) is 44.6 Å². The maximum Gasteiger partial charge on any atom is 0.326 e. The summed E-state index contributed by atoms with van der Waals surface area (Å²) in [6.45, 7) is 3.27. The molecule has 0 aromatic heterocycles. The third kappa shape index (κ3) is 5.83. The molecule has 0 aliphatic carbocycles. The van der Waals surface area contributed by atoms with E-state index in [0.717, 1.165) is 0 Å². The van der Waals surface area contributed by atoms with Crippen molar-refractivity contribution in [3.8, 4) is 0 Å². The van der Waals surface area contributed by atoms with Gasteiger partial charge in [0.25, 0.3) is 0 Å². The van der Waals surface area contributed by atoms with Gasteiger partial charge in [-0.25, -0.2) is 8.42 Å². The first-order chi connectivity index (χ1) is 13.6. The number of sulfonamides is 1. The average molecular weight is 465 g/mol. The van der Waals surface area contributed by atoms with E-state index in [2.05, 4.69) is 0 Å². The highest BCUT2D eigenvalue weighted by Gasteiger charge is 2.40. The average Bonchev–Trinajstić information content (AvgIpc) is 3.00. The summed E-state index contributed by atoms with van der Waals surface area (Å²) in [7, 11) is -4.30. The molecule has 2 atom stereocenters. The van der Waals surface area contributed by atoms with Gasteiger partial charge in [-0.15, -0.1) is 0 Å². The number of nitrogens with zero attached hydrogens (tertiary/aromatic N) is 1. The lowest BCUT2D eigenvalue weighted by Gasteiger charge is -2.19. The molecule has 1 aliphatic heterocycles. The van der Waals surface area contributed by atoms with Gasteiger partial charge in [0.1, 0.15) is 0 Å². The summed E-state index contributed by atoms with van der Waals surface area (Å²) in [6, 6.07) is 4.56. The Bertz CT molecular complexity index is 885. The van der Waals surface area contributed by atoms with Gasteiger partial charge in [-0.05, 0) is 31.5 Å². The molecule has 2 unspecified atom stereocenters. The predicted molar refractivity (Wildman–Crippen MR) is 109 cm³/mol. The summed E-state index contributed by atoms with van der Waals surface area (Å²) in [5, 5.41) is -0.836. The van der Waals surface area contributed by atoms with E-state index in [4.69, 9.17) is 27.9 Å². The minimum Gasteiger partial charge on any atom is -0.465 e. The smallest absolute Gasteiger partial charge is 0.326 e. The number of carbonyl (C=O) groups excluding carboxylic acids is 3. The second kappa shape index (κ2) is 9.77. The molecule has 1 aromatic carbocycles. The third-order valence-electron chi connectivity index (χ3n) is 4.37. The van der Waals surface area contributed by atoms with E-state index >= 15 is 0 Å². The quantitative estimate of drug-likeness (QED) is 0.591. The predicted octanol–water partition coefficient (Wildman–Crippen LogP) is 2.52. The van der Waals surface area contributed by atoms with Crippen LogP contribution in [0.25, 0.3) is 0 Å². The molecular formula is C18H22Cl2N2O6S. The molecule has 29 heavy (non-hydrogen) atoms. The number of ether oxygens (including phenoxy) is 1. The third-order valence-corrected chi connectivity index (χ3v) is 6.47. The Labute approximate surface area is 179 Å². The summed E-state index contributed by atoms with van der Waals surface area (Å²) in [5.41, 5.74) is 0.418. The monoisotopic (exact) mass is 464 g/mol. The lowest BCUT2D eigenvalue weighted by Crippen LogP contribution is -2.45. The fourth-order valence-corrected chi connectivity index (χ4v) is 4.99. The lowest BCUT2D eigenvalue weighted by molar-refractivity contribution is -0.142. The molecule has 1 fully saturated rings. The highest BCUT2D eigenvalue weighted by molar-refractivity contribution is 7.91. The van der Waals surface area contributed by atoms with Crippen molar-refractivity contribution in [1.82, 2.24) is 4.72 Å². The van der Waals surface area contributed by atoms with Crippen LogP contribution in [0, 0.1) is 5.92 Å². The molecule has 1 aliphatic rings. The molecule has 160 valence electrons. The normalized spacial score (nSPS) is 17.9. The van der Waals surface area contributed by atoms with E-state index in [9.17, 15) is 22.8 Å². The van der Waals surface area contributed by atoms with Gasteiger partial charge in [0.15, 0.2) is 5.25 Å². The van der Waals surface area contributed by atoms with E-state index in [1.54, 1.807) is 13.8 Å². The van der Waals surface area contributed by atoms with Gasteiger partial charge in [0.05, 0.1) is 12.5 Å². The Balaban J connectivity index is 2.14. The van der Waals surface area contributed by atoms with Crippen LogP contribution in [0.3, 0.4) is 0 Å². The second-order valence-corrected chi connectivity index (χ2v) is 9.31. The Morgan fingerprint density at radius 3 is 2.41 bits per heavy atom. The van der Waals surface area contributed by atoms with Crippen LogP contribution in [0.2, 0.25) is 10.0 Å². The van der Waals surface area contributed by atoms with Crippen molar-refractivity contribution < 1.29 is 27.5 Å². The van der Waals surface area contributed by atoms with E-state index in [0.29, 0.717) is 22.2 Å². The molecule has 8 nitrogen and oxygen atoms in total. The summed E-state index contributed by atoms with van der Waals surface area (Å²) >= 11 is 11.9. The number of hydrogen-bond acceptors (Lipinski definition) is 6. The second-order valence-electron chi connectivity index (χ2n) is 6.57. The molecule has 0 radical (unpaired) electrons. The van der Waals surface area contributed by atoms with E-state index in [1.807, 2.05) is 4.72 Å². The number of rotatable bonds is 8. The SMILES string of the molecule is CCCC(C(=O)OCC)S(=O)(=O)NC(=O)C1CC(=O)N(c2cc(Cl)cc(Cl)c2)C1. The molecule has 1 aromatic rings. The van der Waals surface area contributed by atoms with Crippen LogP contribution in [0.5, 0.6) is 0 Å². The topological polar surface area (TPSA) is 110 Å². The molecule has 0 bridgehead atoms. The number of esters is 1. The minimum atomic E-state index is -4.30. The Kier molecular flexibility index (Phi) is 7.90. The summed E-state index contributed by atoms with van der Waals surface area (Å²) in [4.78, 5) is 38.2. The van der Waals surface area contributed by atoms with Gasteiger partial charge in [-0.1, -0.05) is 36.5 Å². The molecule has 1 saturated heterocycles. The van der Waals surface area contributed by atoms with Gasteiger partial charge in [-0.2, -0.15) is 0 Å². The number of hydrogen-bond donors (Lipinski definition) is 1. The van der Waals surface area contributed by atoms with Crippen molar-refractivity contribution in [3.63, 3.8) is 0 Å². The Hall–Kier alpha value is -1.84. The van der Waals surface area contributed by atoms with Crippen molar-refractivity contribution >= 4 is 56.7 Å². The fourth-order valence-electron chi connectivity index (χ4n) is 3.02. The zero-order chi connectivity index (χ0) is 21.8. The van der Waals surface area contributed by atoms with Crippen molar-refractivity contribution in [1.29, 1.82) is 0 Å². The molecule has 11 heteroatoms. The molecule has 0 saturated carbocycles. The van der Waals surface area contributed by atoms with E-state index in [1.165, 1.54) is 23.1 Å². The van der Waals surface area contributed by atoms with Crippen LogP contribution in [0.15, 0.2) is 18.2 Å². The first kappa shape index (κ1) is 23.4. The summed E-state index contributed by atoms with van der Waals surface area (Å²) in [6.07, 6.45) is 0.241. The maximum atomic E-state index is 12.6. The highest BCUT2D eigenvalue weighted by Crippen LogP contribution is 2.30. The van der Waals surface area contributed by atoms with Gasteiger partial charge < -0.3 is 9.64 Å². The zero-order valence-electron chi connectivity index (χ0n) is 16.0. The fraction of sp³-hybridized carbons (Fsp3) is 0.500. The minimum absolute atomic E-state index is 0.0121. The molecule has 2 rings (SSSR count). The number of anilines is 1. The summed E-state index contributed by atoms with van der Waals surface area (Å²) < 4.78 is 31.9. The Morgan fingerprint density at radius 2 is 1.86 bits per heavy atom. The number of halogens is 2. The molecular weight excluding hydrogens is 443 g/mol. The summed E-state index contributed by atoms with van der Waals surface area (Å²) in [5.74, 6) is -3.03. The first-order valence-electron chi connectivity index (χ1n) is 9.07.